The number of halogens is 1. The molecule has 0 atom stereocenters. The van der Waals surface area contributed by atoms with E-state index < -0.39 is 6.09 Å². The fraction of sp³-hybridized carbons (Fsp3) is 0.167. The van der Waals surface area contributed by atoms with Gasteiger partial charge in [-0.15, -0.1) is 0 Å². The predicted octanol–water partition coefficient (Wildman–Crippen LogP) is 6.35. The average Bonchev–Trinajstić information content (AvgIpc) is 3.22. The summed E-state index contributed by atoms with van der Waals surface area (Å²) in [5, 5.41) is 6.15. The van der Waals surface area contributed by atoms with Crippen LogP contribution in [0.4, 0.5) is 26.0 Å². The van der Waals surface area contributed by atoms with Gasteiger partial charge in [-0.3, -0.25) is 5.32 Å². The van der Waals surface area contributed by atoms with Crippen molar-refractivity contribution in [1.29, 1.82) is 0 Å². The van der Waals surface area contributed by atoms with Crippen molar-refractivity contribution in [3.63, 3.8) is 0 Å². The molecule has 9 heteroatoms. The molecular weight excluding hydrogens is 441 g/mol. The summed E-state index contributed by atoms with van der Waals surface area (Å²) in [5.74, 6) is 0.233. The Morgan fingerprint density at radius 2 is 1.91 bits per heavy atom. The number of para-hydroxylation sites is 1. The third kappa shape index (κ3) is 5.89. The molecule has 2 heterocycles. The second kappa shape index (κ2) is 10.2. The summed E-state index contributed by atoms with van der Waals surface area (Å²) in [4.78, 5) is 26.3. The van der Waals surface area contributed by atoms with E-state index in [1.165, 1.54) is 23.5 Å². The molecule has 0 bridgehead atoms. The van der Waals surface area contributed by atoms with Crippen LogP contribution in [0.1, 0.15) is 13.8 Å². The lowest BCUT2D eigenvalue weighted by atomic mass is 10.1. The van der Waals surface area contributed by atoms with Crippen LogP contribution in [0.5, 0.6) is 0 Å². The zero-order valence-electron chi connectivity index (χ0n) is 18.1. The van der Waals surface area contributed by atoms with Gasteiger partial charge in [0.05, 0.1) is 22.9 Å². The van der Waals surface area contributed by atoms with Gasteiger partial charge in [0, 0.05) is 17.4 Å². The Kier molecular flexibility index (Phi) is 6.89. The highest BCUT2D eigenvalue weighted by Crippen LogP contribution is 2.38. The molecule has 1 amide bonds. The molecule has 7 nitrogen and oxygen atoms in total. The van der Waals surface area contributed by atoms with Crippen LogP contribution in [-0.2, 0) is 4.74 Å². The van der Waals surface area contributed by atoms with E-state index >= 15 is 0 Å². The lowest BCUT2D eigenvalue weighted by Gasteiger charge is -2.07. The molecule has 4 aromatic rings. The zero-order chi connectivity index (χ0) is 23.2. The molecule has 2 aromatic heterocycles. The molecule has 0 spiro atoms. The van der Waals surface area contributed by atoms with Crippen molar-refractivity contribution in [2.45, 2.75) is 13.8 Å². The highest BCUT2D eigenvalue weighted by atomic mass is 32.1. The van der Waals surface area contributed by atoms with Crippen LogP contribution >= 0.6 is 11.3 Å². The van der Waals surface area contributed by atoms with Crippen molar-refractivity contribution < 1.29 is 13.9 Å². The second-order valence-corrected chi connectivity index (χ2v) is 8.58. The Morgan fingerprint density at radius 3 is 2.67 bits per heavy atom. The summed E-state index contributed by atoms with van der Waals surface area (Å²) >= 11 is 1.23. The molecule has 4 rings (SSSR count). The maximum atomic E-state index is 13.9. The van der Waals surface area contributed by atoms with Crippen LogP contribution in [-0.4, -0.2) is 27.7 Å². The number of hydrogen-bond donors (Lipinski definition) is 2. The first kappa shape index (κ1) is 22.3. The van der Waals surface area contributed by atoms with Crippen molar-refractivity contribution in [3.05, 3.63) is 72.7 Å². The molecule has 2 N–H and O–H groups in total. The molecule has 0 aliphatic rings. The number of benzene rings is 2. The number of carbonyl (C=O) groups is 1. The SMILES string of the molecule is CC(C)COC(=O)Nc1nc(-c2cccc(F)c2)c(-c2ccnc(Nc3ccccc3)n2)s1. The van der Waals surface area contributed by atoms with E-state index in [2.05, 4.69) is 25.6 Å². The summed E-state index contributed by atoms with van der Waals surface area (Å²) in [7, 11) is 0. The quantitative estimate of drug-likeness (QED) is 0.332. The van der Waals surface area contributed by atoms with Crippen LogP contribution in [0.15, 0.2) is 66.9 Å². The van der Waals surface area contributed by atoms with Gasteiger partial charge in [-0.1, -0.05) is 55.5 Å². The summed E-state index contributed by atoms with van der Waals surface area (Å²) < 4.78 is 19.1. The Bertz CT molecular complexity index is 1250. The van der Waals surface area contributed by atoms with Gasteiger partial charge in [0.2, 0.25) is 5.95 Å². The smallest absolute Gasteiger partial charge is 0.413 e. The first-order chi connectivity index (χ1) is 16.0. The van der Waals surface area contributed by atoms with Crippen molar-refractivity contribution >= 4 is 34.2 Å². The molecule has 0 aliphatic carbocycles. The Hall–Kier alpha value is -3.85. The van der Waals surface area contributed by atoms with Gasteiger partial charge in [0.25, 0.3) is 0 Å². The number of nitrogens with zero attached hydrogens (tertiary/aromatic N) is 3. The lowest BCUT2D eigenvalue weighted by molar-refractivity contribution is 0.147. The van der Waals surface area contributed by atoms with Gasteiger partial charge in [-0.2, -0.15) is 0 Å². The molecule has 0 saturated carbocycles. The number of hydrogen-bond acceptors (Lipinski definition) is 7. The summed E-state index contributed by atoms with van der Waals surface area (Å²) in [6.07, 6.45) is 1.04. The summed E-state index contributed by atoms with van der Waals surface area (Å²) in [5.41, 5.74) is 2.51. The van der Waals surface area contributed by atoms with E-state index in [4.69, 9.17) is 4.74 Å². The van der Waals surface area contributed by atoms with Crippen LogP contribution in [0, 0.1) is 11.7 Å². The van der Waals surface area contributed by atoms with E-state index in [0.29, 0.717) is 39.5 Å². The van der Waals surface area contributed by atoms with Crippen molar-refractivity contribution in [3.8, 4) is 21.8 Å². The number of aromatic nitrogens is 3. The highest BCUT2D eigenvalue weighted by Gasteiger charge is 2.19. The number of ether oxygens (including phenoxy) is 1. The monoisotopic (exact) mass is 463 g/mol. The third-order valence-corrected chi connectivity index (χ3v) is 5.39. The van der Waals surface area contributed by atoms with E-state index in [0.717, 1.165) is 5.69 Å². The van der Waals surface area contributed by atoms with Gasteiger partial charge in [-0.25, -0.2) is 24.1 Å². The number of carbonyl (C=O) groups excluding carboxylic acids is 1. The Balaban J connectivity index is 1.68. The van der Waals surface area contributed by atoms with Crippen molar-refractivity contribution in [2.75, 3.05) is 17.2 Å². The van der Waals surface area contributed by atoms with Gasteiger partial charge < -0.3 is 10.1 Å². The maximum Gasteiger partial charge on any atom is 0.413 e. The van der Waals surface area contributed by atoms with Crippen LogP contribution < -0.4 is 10.6 Å². The minimum atomic E-state index is -0.594. The topological polar surface area (TPSA) is 89.0 Å². The van der Waals surface area contributed by atoms with Crippen LogP contribution in [0.3, 0.4) is 0 Å². The van der Waals surface area contributed by atoms with Crippen LogP contribution in [0.25, 0.3) is 21.8 Å². The van der Waals surface area contributed by atoms with Gasteiger partial charge in [0.15, 0.2) is 5.13 Å². The number of nitrogens with one attached hydrogen (secondary N) is 2. The van der Waals surface area contributed by atoms with Crippen LogP contribution in [0.2, 0.25) is 0 Å². The van der Waals surface area contributed by atoms with E-state index in [1.54, 1.807) is 24.4 Å². The van der Waals surface area contributed by atoms with Crippen molar-refractivity contribution in [1.82, 2.24) is 15.0 Å². The molecular formula is C24H22FN5O2S. The average molecular weight is 464 g/mol. The predicted molar refractivity (Wildman–Crippen MR) is 128 cm³/mol. The van der Waals surface area contributed by atoms with E-state index in [-0.39, 0.29) is 11.7 Å². The summed E-state index contributed by atoms with van der Waals surface area (Å²) in [6.45, 7) is 4.20. The molecule has 168 valence electrons. The molecule has 0 unspecified atom stereocenters. The highest BCUT2D eigenvalue weighted by molar-refractivity contribution is 7.19. The third-order valence-electron chi connectivity index (χ3n) is 4.40. The standard InChI is InChI=1S/C24H22FN5O2S/c1-15(2)14-32-24(31)30-23-29-20(16-7-6-8-17(25)13-16)21(33-23)19-11-12-26-22(28-19)27-18-9-4-3-5-10-18/h3-13,15H,14H2,1-2H3,(H,26,27,28)(H,29,30,31). The van der Waals surface area contributed by atoms with Gasteiger partial charge in [-0.05, 0) is 36.2 Å². The first-order valence-electron chi connectivity index (χ1n) is 10.3. The van der Waals surface area contributed by atoms with Crippen molar-refractivity contribution in [2.24, 2.45) is 5.92 Å². The fourth-order valence-corrected chi connectivity index (χ4v) is 3.88. The lowest BCUT2D eigenvalue weighted by Crippen LogP contribution is -2.16. The van der Waals surface area contributed by atoms with Gasteiger partial charge in [0.1, 0.15) is 5.82 Å². The first-order valence-corrected chi connectivity index (χ1v) is 11.2. The normalized spacial score (nSPS) is 10.8. The number of anilines is 3. The Labute approximate surface area is 194 Å². The molecule has 0 saturated heterocycles. The molecule has 33 heavy (non-hydrogen) atoms. The van der Waals surface area contributed by atoms with E-state index in [9.17, 15) is 9.18 Å². The Morgan fingerprint density at radius 1 is 1.09 bits per heavy atom. The summed E-state index contributed by atoms with van der Waals surface area (Å²) in [6, 6.07) is 17.4. The largest absolute Gasteiger partial charge is 0.449 e. The molecule has 0 radical (unpaired) electrons. The van der Waals surface area contributed by atoms with E-state index in [1.807, 2.05) is 44.2 Å². The number of thiazole rings is 1. The molecule has 0 aliphatic heterocycles. The minimum Gasteiger partial charge on any atom is -0.449 e. The minimum absolute atomic E-state index is 0.210. The number of rotatable bonds is 7. The molecule has 2 aromatic carbocycles. The maximum absolute atomic E-state index is 13.9. The number of amides is 1. The zero-order valence-corrected chi connectivity index (χ0v) is 18.9. The fourth-order valence-electron chi connectivity index (χ4n) is 2.94. The van der Waals surface area contributed by atoms with Gasteiger partial charge >= 0.3 is 6.09 Å². The second-order valence-electron chi connectivity index (χ2n) is 7.58. The molecule has 0 fully saturated rings.